The molecule has 3 rings (SSSR count). The lowest BCUT2D eigenvalue weighted by Gasteiger charge is -2.34. The first kappa shape index (κ1) is 18.6. The number of carbonyl (C=O) groups is 2. The van der Waals surface area contributed by atoms with Gasteiger partial charge in [-0.15, -0.1) is 11.3 Å². The highest BCUT2D eigenvalue weighted by molar-refractivity contribution is 7.09. The lowest BCUT2D eigenvalue weighted by Crippen LogP contribution is -2.49. The van der Waals surface area contributed by atoms with Crippen molar-refractivity contribution in [1.29, 1.82) is 0 Å². The Morgan fingerprint density at radius 1 is 1.15 bits per heavy atom. The molecule has 138 valence electrons. The zero-order valence-electron chi connectivity index (χ0n) is 15.0. The van der Waals surface area contributed by atoms with E-state index in [0.29, 0.717) is 6.54 Å². The Balaban J connectivity index is 1.43. The minimum absolute atomic E-state index is 0.00726. The van der Waals surface area contributed by atoms with Gasteiger partial charge in [-0.1, -0.05) is 24.3 Å². The zero-order valence-corrected chi connectivity index (χ0v) is 15.8. The van der Waals surface area contributed by atoms with E-state index in [1.54, 1.807) is 11.3 Å². The molecule has 1 aliphatic heterocycles. The Morgan fingerprint density at radius 3 is 2.54 bits per heavy atom. The molecule has 1 fully saturated rings. The maximum absolute atomic E-state index is 12.4. The first-order chi connectivity index (χ1) is 12.6. The highest BCUT2D eigenvalue weighted by Crippen LogP contribution is 2.21. The van der Waals surface area contributed by atoms with Crippen molar-refractivity contribution in [2.45, 2.75) is 32.4 Å². The molecule has 1 atom stereocenters. The topological polar surface area (TPSA) is 61.4 Å². The van der Waals surface area contributed by atoms with E-state index >= 15 is 0 Å². The highest BCUT2D eigenvalue weighted by Gasteiger charge is 2.29. The van der Waals surface area contributed by atoms with Crippen LogP contribution in [0.4, 0.5) is 5.69 Å². The summed E-state index contributed by atoms with van der Waals surface area (Å²) in [6.45, 7) is 4.05. The van der Waals surface area contributed by atoms with Gasteiger partial charge in [0, 0.05) is 16.5 Å². The molecule has 2 N–H and O–H groups in total. The van der Waals surface area contributed by atoms with E-state index in [4.69, 9.17) is 0 Å². The molecule has 1 aliphatic rings. The number of carbonyl (C=O) groups excluding carboxylic acids is 2. The standard InChI is InChI=1S/C20H25N3O2S/c1-15(19(24)21-14-18-8-5-13-26-18)23-11-9-16(10-12-23)20(25)22-17-6-3-2-4-7-17/h2-8,13,15-16H,9-12,14H2,1H3,(H,21,24)(H,22,25). The van der Waals surface area contributed by atoms with Gasteiger partial charge in [0.05, 0.1) is 12.6 Å². The van der Waals surface area contributed by atoms with Crippen LogP contribution in [0.5, 0.6) is 0 Å². The monoisotopic (exact) mass is 371 g/mol. The number of rotatable bonds is 6. The molecular formula is C20H25N3O2S. The number of likely N-dealkylation sites (tertiary alicyclic amines) is 1. The number of hydrogen-bond acceptors (Lipinski definition) is 4. The zero-order chi connectivity index (χ0) is 18.4. The molecule has 2 aromatic rings. The summed E-state index contributed by atoms with van der Waals surface area (Å²) in [7, 11) is 0. The molecule has 1 aromatic carbocycles. The first-order valence-electron chi connectivity index (χ1n) is 9.03. The Hall–Kier alpha value is -2.18. The van der Waals surface area contributed by atoms with E-state index in [1.165, 1.54) is 0 Å². The van der Waals surface area contributed by atoms with E-state index in [2.05, 4.69) is 15.5 Å². The van der Waals surface area contributed by atoms with Crippen molar-refractivity contribution in [2.24, 2.45) is 5.92 Å². The number of nitrogens with one attached hydrogen (secondary N) is 2. The van der Waals surface area contributed by atoms with Gasteiger partial charge < -0.3 is 10.6 Å². The fourth-order valence-electron chi connectivity index (χ4n) is 3.22. The predicted octanol–water partition coefficient (Wildman–Crippen LogP) is 3.10. The highest BCUT2D eigenvalue weighted by atomic mass is 32.1. The predicted molar refractivity (Wildman–Crippen MR) is 105 cm³/mol. The number of nitrogens with zero attached hydrogens (tertiary/aromatic N) is 1. The summed E-state index contributed by atoms with van der Waals surface area (Å²) in [5.74, 6) is 0.129. The second-order valence-corrected chi connectivity index (χ2v) is 7.67. The third kappa shape index (κ3) is 4.93. The summed E-state index contributed by atoms with van der Waals surface area (Å²) in [5, 5.41) is 7.99. The van der Waals surface area contributed by atoms with Gasteiger partial charge in [-0.3, -0.25) is 14.5 Å². The third-order valence-electron chi connectivity index (χ3n) is 4.89. The third-order valence-corrected chi connectivity index (χ3v) is 5.76. The van der Waals surface area contributed by atoms with Crippen molar-refractivity contribution in [2.75, 3.05) is 18.4 Å². The van der Waals surface area contributed by atoms with Crippen LogP contribution in [-0.2, 0) is 16.1 Å². The Bertz CT molecular complexity index is 710. The van der Waals surface area contributed by atoms with Crippen LogP contribution in [0.3, 0.4) is 0 Å². The van der Waals surface area contributed by atoms with Crippen LogP contribution in [0.15, 0.2) is 47.8 Å². The van der Waals surface area contributed by atoms with Crippen LogP contribution in [0.2, 0.25) is 0 Å². The maximum atomic E-state index is 12.4. The summed E-state index contributed by atoms with van der Waals surface area (Å²) in [6, 6.07) is 13.4. The fourth-order valence-corrected chi connectivity index (χ4v) is 3.86. The molecule has 5 nitrogen and oxygen atoms in total. The summed E-state index contributed by atoms with van der Waals surface area (Å²) in [4.78, 5) is 28.1. The molecule has 26 heavy (non-hydrogen) atoms. The number of amides is 2. The molecule has 2 amide bonds. The van der Waals surface area contributed by atoms with Gasteiger partial charge in [-0.05, 0) is 56.4 Å². The van der Waals surface area contributed by atoms with Gasteiger partial charge in [-0.2, -0.15) is 0 Å². The Kier molecular flexibility index (Phi) is 6.41. The second-order valence-electron chi connectivity index (χ2n) is 6.64. The van der Waals surface area contributed by atoms with E-state index in [0.717, 1.165) is 36.5 Å². The van der Waals surface area contributed by atoms with Gasteiger partial charge in [0.25, 0.3) is 0 Å². The Labute approximate surface area is 158 Å². The van der Waals surface area contributed by atoms with Crippen molar-refractivity contribution in [3.63, 3.8) is 0 Å². The molecule has 0 bridgehead atoms. The number of thiophene rings is 1. The van der Waals surface area contributed by atoms with Crippen molar-refractivity contribution in [3.8, 4) is 0 Å². The minimum Gasteiger partial charge on any atom is -0.350 e. The number of benzene rings is 1. The van der Waals surface area contributed by atoms with Crippen LogP contribution in [-0.4, -0.2) is 35.8 Å². The first-order valence-corrected chi connectivity index (χ1v) is 9.91. The van der Waals surface area contributed by atoms with Crippen LogP contribution in [0.1, 0.15) is 24.6 Å². The fraction of sp³-hybridized carbons (Fsp3) is 0.400. The van der Waals surface area contributed by atoms with E-state index in [1.807, 2.05) is 54.8 Å². The smallest absolute Gasteiger partial charge is 0.237 e. The molecule has 1 unspecified atom stereocenters. The van der Waals surface area contributed by atoms with Crippen LogP contribution >= 0.6 is 11.3 Å². The lowest BCUT2D eigenvalue weighted by molar-refractivity contribution is -0.127. The average molecular weight is 372 g/mol. The quantitative estimate of drug-likeness (QED) is 0.820. The molecule has 1 saturated heterocycles. The van der Waals surface area contributed by atoms with Gasteiger partial charge in [0.15, 0.2) is 0 Å². The molecule has 0 aliphatic carbocycles. The molecular weight excluding hydrogens is 346 g/mol. The molecule has 0 spiro atoms. The van der Waals surface area contributed by atoms with E-state index in [9.17, 15) is 9.59 Å². The molecule has 2 heterocycles. The second kappa shape index (κ2) is 8.96. The van der Waals surface area contributed by atoms with Crippen LogP contribution in [0, 0.1) is 5.92 Å². The number of hydrogen-bond donors (Lipinski definition) is 2. The summed E-state index contributed by atoms with van der Waals surface area (Å²) < 4.78 is 0. The minimum atomic E-state index is -0.173. The van der Waals surface area contributed by atoms with Crippen molar-refractivity contribution >= 4 is 28.8 Å². The lowest BCUT2D eigenvalue weighted by atomic mass is 9.94. The Morgan fingerprint density at radius 2 is 1.88 bits per heavy atom. The number of anilines is 1. The molecule has 0 radical (unpaired) electrons. The summed E-state index contributed by atoms with van der Waals surface area (Å²) in [6.07, 6.45) is 1.56. The molecule has 0 saturated carbocycles. The van der Waals surface area contributed by atoms with Crippen molar-refractivity contribution in [3.05, 3.63) is 52.7 Å². The van der Waals surface area contributed by atoms with Crippen LogP contribution in [0.25, 0.3) is 0 Å². The number of piperidine rings is 1. The van der Waals surface area contributed by atoms with E-state index in [-0.39, 0.29) is 23.8 Å². The van der Waals surface area contributed by atoms with Gasteiger partial charge in [0.1, 0.15) is 0 Å². The van der Waals surface area contributed by atoms with Gasteiger partial charge in [0.2, 0.25) is 11.8 Å². The van der Waals surface area contributed by atoms with E-state index < -0.39 is 0 Å². The van der Waals surface area contributed by atoms with Crippen LogP contribution < -0.4 is 10.6 Å². The summed E-state index contributed by atoms with van der Waals surface area (Å²) in [5.41, 5.74) is 0.834. The normalized spacial score (nSPS) is 16.8. The largest absolute Gasteiger partial charge is 0.350 e. The molecule has 6 heteroatoms. The summed E-state index contributed by atoms with van der Waals surface area (Å²) >= 11 is 1.64. The van der Waals surface area contributed by atoms with Crippen molar-refractivity contribution < 1.29 is 9.59 Å². The SMILES string of the molecule is CC(C(=O)NCc1cccs1)N1CCC(C(=O)Nc2ccccc2)CC1. The van der Waals surface area contributed by atoms with Gasteiger partial charge in [-0.25, -0.2) is 0 Å². The van der Waals surface area contributed by atoms with Crippen molar-refractivity contribution in [1.82, 2.24) is 10.2 Å². The van der Waals surface area contributed by atoms with Gasteiger partial charge >= 0.3 is 0 Å². The molecule has 1 aromatic heterocycles. The average Bonchev–Trinajstić information content (AvgIpc) is 3.20. The number of para-hydroxylation sites is 1. The maximum Gasteiger partial charge on any atom is 0.237 e.